The molecule has 1 aromatic heterocycles. The number of carbonyl (C=O) groups excluding carboxylic acids is 1. The molecule has 0 amide bonds. The molecule has 2 aliphatic heterocycles. The lowest BCUT2D eigenvalue weighted by atomic mass is 9.83. The lowest BCUT2D eigenvalue weighted by Gasteiger charge is -2.32. The summed E-state index contributed by atoms with van der Waals surface area (Å²) in [7, 11) is 2.13. The fourth-order valence-electron chi connectivity index (χ4n) is 4.09. The smallest absolute Gasteiger partial charge is 0.311 e. The summed E-state index contributed by atoms with van der Waals surface area (Å²) in [5.74, 6) is -0.00422. The third kappa shape index (κ3) is 2.55. The number of nitrogens with zero attached hydrogens (tertiary/aromatic N) is 2. The number of carbonyl (C=O) groups is 1. The number of halogens is 1. The van der Waals surface area contributed by atoms with Crippen LogP contribution in [0.1, 0.15) is 37.7 Å². The Hall–Kier alpha value is -1.13. The van der Waals surface area contributed by atoms with Crippen molar-refractivity contribution in [2.45, 2.75) is 44.2 Å². The Kier molecular flexibility index (Phi) is 4.18. The summed E-state index contributed by atoms with van der Waals surface area (Å²) in [6, 6.07) is 4.48. The van der Waals surface area contributed by atoms with Gasteiger partial charge in [0.25, 0.3) is 0 Å². The molecule has 0 aliphatic carbocycles. The van der Waals surface area contributed by atoms with Crippen LogP contribution in [0.2, 0.25) is 5.15 Å². The van der Waals surface area contributed by atoms with Crippen LogP contribution in [0, 0.1) is 5.92 Å². The lowest BCUT2D eigenvalue weighted by Crippen LogP contribution is -2.39. The molecule has 114 valence electrons. The second-order valence-corrected chi connectivity index (χ2v) is 6.34. The van der Waals surface area contributed by atoms with E-state index in [1.807, 2.05) is 19.2 Å². The molecule has 0 N–H and O–H groups in total. The molecule has 3 rings (SSSR count). The molecular weight excluding hydrogens is 288 g/mol. The number of ether oxygens (including phenoxy) is 1. The predicted molar refractivity (Wildman–Crippen MR) is 81.3 cm³/mol. The highest BCUT2D eigenvalue weighted by molar-refractivity contribution is 6.29. The van der Waals surface area contributed by atoms with E-state index in [1.54, 1.807) is 6.07 Å². The van der Waals surface area contributed by atoms with Crippen LogP contribution in [0.3, 0.4) is 0 Å². The van der Waals surface area contributed by atoms with Crippen molar-refractivity contribution in [3.63, 3.8) is 0 Å². The SMILES string of the molecule is CCOC(=O)[C@@H]1[C@H](c2ccc(Cl)nc2)[C@H]2CCC[C@@H]1N2C. The van der Waals surface area contributed by atoms with Crippen molar-refractivity contribution in [2.24, 2.45) is 5.92 Å². The molecule has 0 spiro atoms. The highest BCUT2D eigenvalue weighted by atomic mass is 35.5. The molecule has 21 heavy (non-hydrogen) atoms. The van der Waals surface area contributed by atoms with E-state index >= 15 is 0 Å². The molecular formula is C16H21ClN2O2. The average molecular weight is 309 g/mol. The molecule has 2 aliphatic rings. The fourth-order valence-corrected chi connectivity index (χ4v) is 4.20. The number of hydrogen-bond acceptors (Lipinski definition) is 4. The molecule has 2 fully saturated rings. The zero-order valence-corrected chi connectivity index (χ0v) is 13.2. The zero-order chi connectivity index (χ0) is 15.0. The summed E-state index contributed by atoms with van der Waals surface area (Å²) >= 11 is 5.89. The molecule has 1 aromatic rings. The Morgan fingerprint density at radius 2 is 2.19 bits per heavy atom. The van der Waals surface area contributed by atoms with Gasteiger partial charge < -0.3 is 4.74 Å². The van der Waals surface area contributed by atoms with Crippen molar-refractivity contribution in [3.8, 4) is 0 Å². The van der Waals surface area contributed by atoms with Crippen LogP contribution in [-0.2, 0) is 9.53 Å². The molecule has 5 heteroatoms. The quantitative estimate of drug-likeness (QED) is 0.636. The van der Waals surface area contributed by atoms with Gasteiger partial charge in [0.1, 0.15) is 5.15 Å². The van der Waals surface area contributed by atoms with Crippen LogP contribution in [0.15, 0.2) is 18.3 Å². The van der Waals surface area contributed by atoms with E-state index in [9.17, 15) is 4.79 Å². The monoisotopic (exact) mass is 308 g/mol. The van der Waals surface area contributed by atoms with Gasteiger partial charge in [0.2, 0.25) is 0 Å². The van der Waals surface area contributed by atoms with Gasteiger partial charge in [0, 0.05) is 24.2 Å². The summed E-state index contributed by atoms with van der Waals surface area (Å²) in [5.41, 5.74) is 1.10. The second-order valence-electron chi connectivity index (χ2n) is 5.95. The Bertz CT molecular complexity index is 520. The zero-order valence-electron chi connectivity index (χ0n) is 12.5. The van der Waals surface area contributed by atoms with Crippen LogP contribution in [0.25, 0.3) is 0 Å². The van der Waals surface area contributed by atoms with Crippen LogP contribution in [0.4, 0.5) is 0 Å². The van der Waals surface area contributed by atoms with Crippen molar-refractivity contribution in [1.82, 2.24) is 9.88 Å². The van der Waals surface area contributed by atoms with Gasteiger partial charge in [-0.1, -0.05) is 24.1 Å². The molecule has 0 unspecified atom stereocenters. The highest BCUT2D eigenvalue weighted by Crippen LogP contribution is 2.48. The third-order valence-electron chi connectivity index (χ3n) is 4.96. The summed E-state index contributed by atoms with van der Waals surface area (Å²) in [4.78, 5) is 19.1. The van der Waals surface area contributed by atoms with Crippen LogP contribution >= 0.6 is 11.6 Å². The minimum absolute atomic E-state index is 0.0706. The first-order valence-electron chi connectivity index (χ1n) is 7.63. The maximum absolute atomic E-state index is 12.5. The van der Waals surface area contributed by atoms with Gasteiger partial charge in [0.15, 0.2) is 0 Å². The minimum atomic E-state index is -0.0922. The van der Waals surface area contributed by atoms with Gasteiger partial charge in [-0.05, 0) is 38.4 Å². The first-order valence-corrected chi connectivity index (χ1v) is 8.01. The number of rotatable bonds is 3. The summed E-state index contributed by atoms with van der Waals surface area (Å²) < 4.78 is 5.35. The van der Waals surface area contributed by atoms with E-state index < -0.39 is 0 Å². The Morgan fingerprint density at radius 1 is 1.43 bits per heavy atom. The number of pyridine rings is 1. The molecule has 4 atom stereocenters. The van der Waals surface area contributed by atoms with Gasteiger partial charge in [-0.2, -0.15) is 0 Å². The van der Waals surface area contributed by atoms with Crippen LogP contribution in [0.5, 0.6) is 0 Å². The summed E-state index contributed by atoms with van der Waals surface area (Å²) in [6.07, 6.45) is 5.17. The van der Waals surface area contributed by atoms with Crippen LogP contribution < -0.4 is 0 Å². The predicted octanol–water partition coefficient (Wildman–Crippen LogP) is 2.86. The van der Waals surface area contributed by atoms with Gasteiger partial charge in [-0.25, -0.2) is 4.98 Å². The molecule has 3 heterocycles. The molecule has 4 nitrogen and oxygen atoms in total. The normalized spacial score (nSPS) is 32.1. The number of likely N-dealkylation sites (N-methyl/N-ethyl adjacent to an activating group) is 1. The van der Waals surface area contributed by atoms with E-state index in [0.29, 0.717) is 17.8 Å². The van der Waals surface area contributed by atoms with Gasteiger partial charge in [0.05, 0.1) is 12.5 Å². The lowest BCUT2D eigenvalue weighted by molar-refractivity contribution is -0.149. The maximum Gasteiger partial charge on any atom is 0.311 e. The van der Waals surface area contributed by atoms with E-state index in [4.69, 9.17) is 16.3 Å². The minimum Gasteiger partial charge on any atom is -0.466 e. The Labute approximate surface area is 130 Å². The number of hydrogen-bond donors (Lipinski definition) is 0. The first kappa shape index (κ1) is 14.8. The fraction of sp³-hybridized carbons (Fsp3) is 0.625. The first-order chi connectivity index (χ1) is 10.1. The topological polar surface area (TPSA) is 42.4 Å². The van der Waals surface area contributed by atoms with E-state index in [1.165, 1.54) is 6.42 Å². The molecule has 0 aromatic carbocycles. The van der Waals surface area contributed by atoms with Gasteiger partial charge >= 0.3 is 5.97 Å². The summed E-state index contributed by atoms with van der Waals surface area (Å²) in [6.45, 7) is 2.30. The van der Waals surface area contributed by atoms with Crippen molar-refractivity contribution in [3.05, 3.63) is 29.0 Å². The van der Waals surface area contributed by atoms with Crippen molar-refractivity contribution < 1.29 is 9.53 Å². The van der Waals surface area contributed by atoms with E-state index in [0.717, 1.165) is 18.4 Å². The van der Waals surface area contributed by atoms with Crippen LogP contribution in [-0.4, -0.2) is 41.6 Å². The Morgan fingerprint density at radius 3 is 2.86 bits per heavy atom. The average Bonchev–Trinajstić information content (AvgIpc) is 2.63. The molecule has 0 radical (unpaired) electrons. The standard InChI is InChI=1S/C16H21ClN2O2/c1-3-21-16(20)15-12-6-4-5-11(19(12)2)14(15)10-7-8-13(17)18-9-10/h7-9,11-12,14-15H,3-6H2,1-2H3/t11-,12+,14-,15+/m1/s1. The highest BCUT2D eigenvalue weighted by Gasteiger charge is 2.53. The van der Waals surface area contributed by atoms with E-state index in [2.05, 4.69) is 16.9 Å². The number of piperidine rings is 1. The number of esters is 1. The molecule has 2 bridgehead atoms. The van der Waals surface area contributed by atoms with Gasteiger partial charge in [-0.15, -0.1) is 0 Å². The van der Waals surface area contributed by atoms with Crippen molar-refractivity contribution >= 4 is 17.6 Å². The maximum atomic E-state index is 12.5. The summed E-state index contributed by atoms with van der Waals surface area (Å²) in [5, 5.41) is 0.487. The van der Waals surface area contributed by atoms with Crippen molar-refractivity contribution in [2.75, 3.05) is 13.7 Å². The molecule has 2 saturated heterocycles. The number of aromatic nitrogens is 1. The Balaban J connectivity index is 1.97. The largest absolute Gasteiger partial charge is 0.466 e. The third-order valence-corrected chi connectivity index (χ3v) is 5.18. The second kappa shape index (κ2) is 5.93. The van der Waals surface area contributed by atoms with Gasteiger partial charge in [-0.3, -0.25) is 9.69 Å². The number of fused-ring (bicyclic) bond motifs is 2. The van der Waals surface area contributed by atoms with Crippen molar-refractivity contribution in [1.29, 1.82) is 0 Å². The molecule has 0 saturated carbocycles. The van der Waals surface area contributed by atoms with E-state index in [-0.39, 0.29) is 23.8 Å².